The predicted molar refractivity (Wildman–Crippen MR) is 57.4 cm³/mol. The van der Waals surface area contributed by atoms with E-state index in [2.05, 4.69) is 10.6 Å². The summed E-state index contributed by atoms with van der Waals surface area (Å²) in [7, 11) is 1.68. The van der Waals surface area contributed by atoms with Gasteiger partial charge in [0, 0.05) is 25.8 Å². The molecule has 4 heteroatoms. The van der Waals surface area contributed by atoms with Gasteiger partial charge in [-0.2, -0.15) is 0 Å². The summed E-state index contributed by atoms with van der Waals surface area (Å²) in [5, 5.41) is 5.62. The summed E-state index contributed by atoms with van der Waals surface area (Å²) in [5.74, 6) is 0. The largest absolute Gasteiger partial charge is 0.385 e. The molecule has 0 spiro atoms. The predicted octanol–water partition coefficient (Wildman–Crippen LogP) is 1.51. The Hall–Kier alpha value is -0.770. The van der Waals surface area contributed by atoms with Crippen LogP contribution in [0.2, 0.25) is 0 Å². The Morgan fingerprint density at radius 3 is 2.43 bits per heavy atom. The number of urea groups is 1. The first-order valence-corrected chi connectivity index (χ1v) is 5.00. The summed E-state index contributed by atoms with van der Waals surface area (Å²) in [6.45, 7) is 7.32. The van der Waals surface area contributed by atoms with Crippen LogP contribution in [-0.4, -0.2) is 31.8 Å². The smallest absolute Gasteiger partial charge is 0.315 e. The average Bonchev–Trinajstić information content (AvgIpc) is 2.00. The molecule has 0 aromatic heterocycles. The third-order valence-electron chi connectivity index (χ3n) is 1.55. The lowest BCUT2D eigenvalue weighted by Gasteiger charge is -2.20. The van der Waals surface area contributed by atoms with E-state index in [-0.39, 0.29) is 11.6 Å². The summed E-state index contributed by atoms with van der Waals surface area (Å²) in [5.41, 5.74) is -0.170. The van der Waals surface area contributed by atoms with E-state index in [1.165, 1.54) is 0 Å². The fourth-order valence-corrected chi connectivity index (χ4v) is 0.958. The molecule has 0 aliphatic rings. The summed E-state index contributed by atoms with van der Waals surface area (Å²) in [4.78, 5) is 11.2. The fraction of sp³-hybridized carbons (Fsp3) is 0.900. The molecule has 0 aliphatic heterocycles. The van der Waals surface area contributed by atoms with Crippen molar-refractivity contribution in [2.45, 2.75) is 39.2 Å². The molecule has 4 nitrogen and oxygen atoms in total. The molecule has 0 rings (SSSR count). The van der Waals surface area contributed by atoms with Gasteiger partial charge >= 0.3 is 6.03 Å². The first-order chi connectivity index (χ1) is 6.45. The van der Waals surface area contributed by atoms with E-state index in [1.54, 1.807) is 7.11 Å². The van der Waals surface area contributed by atoms with Crippen LogP contribution < -0.4 is 10.6 Å². The summed E-state index contributed by atoms with van der Waals surface area (Å²) in [6, 6.07) is -0.102. The van der Waals surface area contributed by atoms with E-state index in [1.807, 2.05) is 20.8 Å². The van der Waals surface area contributed by atoms with Crippen LogP contribution in [0, 0.1) is 0 Å². The van der Waals surface area contributed by atoms with Crippen molar-refractivity contribution in [2.75, 3.05) is 20.3 Å². The SMILES string of the molecule is COCCCCNC(=O)NC(C)(C)C. The third-order valence-corrected chi connectivity index (χ3v) is 1.55. The van der Waals surface area contributed by atoms with Crippen LogP contribution in [0.1, 0.15) is 33.6 Å². The van der Waals surface area contributed by atoms with Gasteiger partial charge in [0.15, 0.2) is 0 Å². The first-order valence-electron chi connectivity index (χ1n) is 5.00. The monoisotopic (exact) mass is 202 g/mol. The molecule has 0 aliphatic carbocycles. The Balaban J connectivity index is 3.36. The van der Waals surface area contributed by atoms with E-state index in [0.717, 1.165) is 19.4 Å². The first kappa shape index (κ1) is 13.2. The van der Waals surface area contributed by atoms with Crippen molar-refractivity contribution < 1.29 is 9.53 Å². The van der Waals surface area contributed by atoms with E-state index in [0.29, 0.717) is 6.54 Å². The van der Waals surface area contributed by atoms with Crippen molar-refractivity contribution in [1.29, 1.82) is 0 Å². The van der Waals surface area contributed by atoms with Crippen LogP contribution >= 0.6 is 0 Å². The molecule has 14 heavy (non-hydrogen) atoms. The lowest BCUT2D eigenvalue weighted by atomic mass is 10.1. The number of nitrogens with one attached hydrogen (secondary N) is 2. The Morgan fingerprint density at radius 2 is 1.93 bits per heavy atom. The van der Waals surface area contributed by atoms with Crippen molar-refractivity contribution >= 4 is 6.03 Å². The van der Waals surface area contributed by atoms with Crippen LogP contribution in [0.5, 0.6) is 0 Å². The van der Waals surface area contributed by atoms with Crippen molar-refractivity contribution in [2.24, 2.45) is 0 Å². The van der Waals surface area contributed by atoms with E-state index >= 15 is 0 Å². The number of amides is 2. The highest BCUT2D eigenvalue weighted by molar-refractivity contribution is 5.74. The molecule has 0 atom stereocenters. The minimum atomic E-state index is -0.170. The lowest BCUT2D eigenvalue weighted by Crippen LogP contribution is -2.46. The van der Waals surface area contributed by atoms with Crippen LogP contribution in [0.15, 0.2) is 0 Å². The normalized spacial score (nSPS) is 11.1. The second-order valence-corrected chi connectivity index (χ2v) is 4.33. The fourth-order valence-electron chi connectivity index (χ4n) is 0.958. The minimum absolute atomic E-state index is 0.102. The molecule has 0 radical (unpaired) electrons. The van der Waals surface area contributed by atoms with Gasteiger partial charge in [0.25, 0.3) is 0 Å². The zero-order valence-electron chi connectivity index (χ0n) is 9.64. The lowest BCUT2D eigenvalue weighted by molar-refractivity contribution is 0.192. The third kappa shape index (κ3) is 9.32. The molecule has 2 N–H and O–H groups in total. The van der Waals surface area contributed by atoms with Gasteiger partial charge < -0.3 is 15.4 Å². The molecule has 0 aromatic carbocycles. The molecule has 0 saturated heterocycles. The number of unbranched alkanes of at least 4 members (excludes halogenated alkanes) is 1. The van der Waals surface area contributed by atoms with Gasteiger partial charge in [-0.1, -0.05) is 0 Å². The maximum absolute atomic E-state index is 11.2. The average molecular weight is 202 g/mol. The summed E-state index contributed by atoms with van der Waals surface area (Å²) in [6.07, 6.45) is 1.93. The molecular formula is C10H22N2O2. The maximum atomic E-state index is 11.2. The highest BCUT2D eigenvalue weighted by Crippen LogP contribution is 1.97. The number of hydrogen-bond acceptors (Lipinski definition) is 2. The number of rotatable bonds is 5. The zero-order valence-corrected chi connectivity index (χ0v) is 9.64. The molecule has 0 unspecified atom stereocenters. The van der Waals surface area contributed by atoms with Gasteiger partial charge in [-0.3, -0.25) is 0 Å². The van der Waals surface area contributed by atoms with E-state index in [4.69, 9.17) is 4.74 Å². The van der Waals surface area contributed by atoms with Crippen molar-refractivity contribution in [3.8, 4) is 0 Å². The molecule has 0 aromatic rings. The molecule has 0 bridgehead atoms. The van der Waals surface area contributed by atoms with Gasteiger partial charge in [0.05, 0.1) is 0 Å². The number of methoxy groups -OCH3 is 1. The Bertz CT molecular complexity index is 164. The maximum Gasteiger partial charge on any atom is 0.315 e. The summed E-state index contributed by atoms with van der Waals surface area (Å²) >= 11 is 0. The van der Waals surface area contributed by atoms with Crippen molar-refractivity contribution in [3.05, 3.63) is 0 Å². The highest BCUT2D eigenvalue weighted by Gasteiger charge is 2.12. The van der Waals surface area contributed by atoms with Crippen LogP contribution in [0.4, 0.5) is 4.79 Å². The number of carbonyl (C=O) groups excluding carboxylic acids is 1. The minimum Gasteiger partial charge on any atom is -0.385 e. The molecule has 0 saturated carbocycles. The van der Waals surface area contributed by atoms with Gasteiger partial charge in [0.2, 0.25) is 0 Å². The van der Waals surface area contributed by atoms with E-state index in [9.17, 15) is 4.79 Å². The van der Waals surface area contributed by atoms with E-state index < -0.39 is 0 Å². The Kier molecular flexibility index (Phi) is 6.28. The standard InChI is InChI=1S/C10H22N2O2/c1-10(2,3)12-9(13)11-7-5-6-8-14-4/h5-8H2,1-4H3,(H2,11,12,13). The Labute approximate surface area is 86.4 Å². The van der Waals surface area contributed by atoms with Gasteiger partial charge in [-0.15, -0.1) is 0 Å². The van der Waals surface area contributed by atoms with Crippen LogP contribution in [0.25, 0.3) is 0 Å². The summed E-state index contributed by atoms with van der Waals surface area (Å²) < 4.78 is 4.90. The second-order valence-electron chi connectivity index (χ2n) is 4.33. The molecule has 84 valence electrons. The van der Waals surface area contributed by atoms with Crippen LogP contribution in [0.3, 0.4) is 0 Å². The number of carbonyl (C=O) groups is 1. The zero-order chi connectivity index (χ0) is 11.0. The highest BCUT2D eigenvalue weighted by atomic mass is 16.5. The van der Waals surface area contributed by atoms with Crippen molar-refractivity contribution in [1.82, 2.24) is 10.6 Å². The van der Waals surface area contributed by atoms with Gasteiger partial charge in [-0.05, 0) is 33.6 Å². The molecule has 0 fully saturated rings. The molecule has 2 amide bonds. The molecule has 0 heterocycles. The molecular weight excluding hydrogens is 180 g/mol. The topological polar surface area (TPSA) is 50.4 Å². The van der Waals surface area contributed by atoms with Gasteiger partial charge in [-0.25, -0.2) is 4.79 Å². The van der Waals surface area contributed by atoms with Gasteiger partial charge in [0.1, 0.15) is 0 Å². The second kappa shape index (κ2) is 6.65. The van der Waals surface area contributed by atoms with Crippen LogP contribution in [-0.2, 0) is 4.74 Å². The Morgan fingerprint density at radius 1 is 1.29 bits per heavy atom. The number of ether oxygens (including phenoxy) is 1. The quantitative estimate of drug-likeness (QED) is 0.664. The van der Waals surface area contributed by atoms with Crippen molar-refractivity contribution in [3.63, 3.8) is 0 Å². The number of hydrogen-bond donors (Lipinski definition) is 2.